The van der Waals surface area contributed by atoms with Crippen LogP contribution in [0, 0.1) is 13.8 Å². The first-order valence-electron chi connectivity index (χ1n) is 5.95. The van der Waals surface area contributed by atoms with E-state index in [1.54, 1.807) is 12.1 Å². The lowest BCUT2D eigenvalue weighted by atomic mass is 10.1. The summed E-state index contributed by atoms with van der Waals surface area (Å²) in [5.41, 5.74) is 3.21. The molecule has 0 radical (unpaired) electrons. The Hall–Kier alpha value is -1.33. The molecule has 20 heavy (non-hydrogen) atoms. The number of hydrogen-bond donors (Lipinski definition) is 2. The molecule has 104 valence electrons. The first-order valence-corrected chi connectivity index (χ1v) is 7.53. The molecule has 0 spiro atoms. The second-order valence-corrected chi connectivity index (χ2v) is 6.27. The molecule has 0 aromatic heterocycles. The van der Waals surface area contributed by atoms with Crippen LogP contribution in [0.4, 0.5) is 5.69 Å². The SMILES string of the molecule is Cc1ccc(C)c(C(=O)Nc2cc(Br)c(O)c(Br)c2)c1. The number of halogens is 2. The van der Waals surface area contributed by atoms with Crippen LogP contribution in [0.25, 0.3) is 0 Å². The predicted octanol–water partition coefficient (Wildman–Crippen LogP) is 4.79. The molecule has 0 saturated carbocycles. The van der Waals surface area contributed by atoms with E-state index >= 15 is 0 Å². The average molecular weight is 399 g/mol. The van der Waals surface area contributed by atoms with Crippen molar-refractivity contribution >= 4 is 43.5 Å². The summed E-state index contributed by atoms with van der Waals surface area (Å²) in [4.78, 5) is 12.3. The van der Waals surface area contributed by atoms with E-state index in [0.29, 0.717) is 20.2 Å². The highest BCUT2D eigenvalue weighted by Crippen LogP contribution is 2.35. The normalized spacial score (nSPS) is 10.4. The zero-order valence-electron chi connectivity index (χ0n) is 11.0. The van der Waals surface area contributed by atoms with Gasteiger partial charge in [-0.05, 0) is 69.5 Å². The first-order chi connectivity index (χ1) is 9.38. The van der Waals surface area contributed by atoms with Crippen molar-refractivity contribution in [3.05, 3.63) is 56.0 Å². The summed E-state index contributed by atoms with van der Waals surface area (Å²) in [6, 6.07) is 9.06. The number of benzene rings is 2. The number of hydrogen-bond acceptors (Lipinski definition) is 2. The molecule has 1 amide bonds. The zero-order chi connectivity index (χ0) is 14.9. The fraction of sp³-hybridized carbons (Fsp3) is 0.133. The largest absolute Gasteiger partial charge is 0.506 e. The van der Waals surface area contributed by atoms with Gasteiger partial charge in [0.15, 0.2) is 0 Å². The maximum absolute atomic E-state index is 12.3. The van der Waals surface area contributed by atoms with Crippen LogP contribution < -0.4 is 5.32 Å². The Morgan fingerprint density at radius 2 is 1.70 bits per heavy atom. The van der Waals surface area contributed by atoms with Crippen molar-refractivity contribution in [2.45, 2.75) is 13.8 Å². The Bertz CT molecular complexity index is 661. The molecule has 0 bridgehead atoms. The number of aryl methyl sites for hydroxylation is 2. The van der Waals surface area contributed by atoms with E-state index in [2.05, 4.69) is 37.2 Å². The number of anilines is 1. The molecule has 2 rings (SSSR count). The van der Waals surface area contributed by atoms with E-state index in [4.69, 9.17) is 0 Å². The monoisotopic (exact) mass is 397 g/mol. The molecule has 5 heteroatoms. The van der Waals surface area contributed by atoms with Gasteiger partial charge < -0.3 is 10.4 Å². The fourth-order valence-electron chi connectivity index (χ4n) is 1.82. The molecule has 0 aliphatic rings. The standard InChI is InChI=1S/C15H13Br2NO2/c1-8-3-4-9(2)11(5-8)15(20)18-10-6-12(16)14(19)13(17)7-10/h3-7,19H,1-2H3,(H,18,20). The van der Waals surface area contributed by atoms with Gasteiger partial charge in [-0.3, -0.25) is 4.79 Å². The molecule has 2 N–H and O–H groups in total. The Morgan fingerprint density at radius 3 is 2.30 bits per heavy atom. The number of carbonyl (C=O) groups is 1. The number of phenolic OH excluding ortho intramolecular Hbond substituents is 1. The topological polar surface area (TPSA) is 49.3 Å². The number of aromatic hydroxyl groups is 1. The van der Waals surface area contributed by atoms with Crippen LogP contribution in [0.3, 0.4) is 0 Å². The van der Waals surface area contributed by atoms with Gasteiger partial charge in [0.25, 0.3) is 5.91 Å². The molecule has 0 fully saturated rings. The lowest BCUT2D eigenvalue weighted by Gasteiger charge is -2.10. The molecule has 0 heterocycles. The second kappa shape index (κ2) is 5.97. The van der Waals surface area contributed by atoms with Crippen LogP contribution >= 0.6 is 31.9 Å². The molecule has 0 saturated heterocycles. The maximum atomic E-state index is 12.3. The maximum Gasteiger partial charge on any atom is 0.255 e. The summed E-state index contributed by atoms with van der Waals surface area (Å²) in [7, 11) is 0. The summed E-state index contributed by atoms with van der Waals surface area (Å²) in [5, 5.41) is 12.5. The first kappa shape index (κ1) is 15.1. The molecular weight excluding hydrogens is 386 g/mol. The summed E-state index contributed by atoms with van der Waals surface area (Å²) >= 11 is 6.48. The average Bonchev–Trinajstić information content (AvgIpc) is 2.38. The number of rotatable bonds is 2. The molecule has 3 nitrogen and oxygen atoms in total. The van der Waals surface area contributed by atoms with Gasteiger partial charge in [-0.2, -0.15) is 0 Å². The van der Waals surface area contributed by atoms with Gasteiger partial charge in [-0.15, -0.1) is 0 Å². The third kappa shape index (κ3) is 3.22. The fourth-order valence-corrected chi connectivity index (χ4v) is 3.00. The van der Waals surface area contributed by atoms with Crippen LogP contribution in [0.1, 0.15) is 21.5 Å². The van der Waals surface area contributed by atoms with Gasteiger partial charge in [0, 0.05) is 11.3 Å². The minimum Gasteiger partial charge on any atom is -0.506 e. The van der Waals surface area contributed by atoms with Crippen LogP contribution in [0.2, 0.25) is 0 Å². The van der Waals surface area contributed by atoms with E-state index in [1.165, 1.54) is 0 Å². The van der Waals surface area contributed by atoms with Crippen LogP contribution in [0.5, 0.6) is 5.75 Å². The summed E-state index contributed by atoms with van der Waals surface area (Å²) in [6.07, 6.45) is 0. The van der Waals surface area contributed by atoms with Crippen molar-refractivity contribution in [1.29, 1.82) is 0 Å². The molecule has 0 atom stereocenters. The van der Waals surface area contributed by atoms with E-state index < -0.39 is 0 Å². The number of phenols is 1. The predicted molar refractivity (Wildman–Crippen MR) is 87.4 cm³/mol. The van der Waals surface area contributed by atoms with Crippen molar-refractivity contribution < 1.29 is 9.90 Å². The highest BCUT2D eigenvalue weighted by Gasteiger charge is 2.12. The number of carbonyl (C=O) groups excluding carboxylic acids is 1. The Labute approximate surface area is 134 Å². The molecular formula is C15H13Br2NO2. The van der Waals surface area contributed by atoms with Gasteiger partial charge >= 0.3 is 0 Å². The van der Waals surface area contributed by atoms with Crippen molar-refractivity contribution in [3.8, 4) is 5.75 Å². The van der Waals surface area contributed by atoms with E-state index in [1.807, 2.05) is 32.0 Å². The number of amides is 1. The minimum atomic E-state index is -0.171. The van der Waals surface area contributed by atoms with Crippen molar-refractivity contribution in [2.75, 3.05) is 5.32 Å². The molecule has 0 unspecified atom stereocenters. The second-order valence-electron chi connectivity index (χ2n) is 4.56. The summed E-state index contributed by atoms with van der Waals surface area (Å²) in [6.45, 7) is 3.85. The van der Waals surface area contributed by atoms with Gasteiger partial charge in [-0.1, -0.05) is 17.7 Å². The van der Waals surface area contributed by atoms with Gasteiger partial charge in [-0.25, -0.2) is 0 Å². The third-order valence-electron chi connectivity index (χ3n) is 2.91. The zero-order valence-corrected chi connectivity index (χ0v) is 14.2. The summed E-state index contributed by atoms with van der Waals surface area (Å²) < 4.78 is 1.03. The quantitative estimate of drug-likeness (QED) is 0.714. The van der Waals surface area contributed by atoms with E-state index in [0.717, 1.165) is 11.1 Å². The molecule has 0 aliphatic heterocycles. The highest BCUT2D eigenvalue weighted by molar-refractivity contribution is 9.11. The van der Waals surface area contributed by atoms with Crippen LogP contribution in [-0.2, 0) is 0 Å². The van der Waals surface area contributed by atoms with Crippen LogP contribution in [0.15, 0.2) is 39.3 Å². The summed E-state index contributed by atoms with van der Waals surface area (Å²) in [5.74, 6) is -0.0644. The number of nitrogens with one attached hydrogen (secondary N) is 1. The lowest BCUT2D eigenvalue weighted by Crippen LogP contribution is -2.13. The molecule has 2 aromatic carbocycles. The Kier molecular flexibility index (Phi) is 4.50. The molecule has 0 aliphatic carbocycles. The third-order valence-corrected chi connectivity index (χ3v) is 4.12. The molecule has 2 aromatic rings. The van der Waals surface area contributed by atoms with E-state index in [9.17, 15) is 9.90 Å². The minimum absolute atomic E-state index is 0.106. The smallest absolute Gasteiger partial charge is 0.255 e. The highest BCUT2D eigenvalue weighted by atomic mass is 79.9. The Balaban J connectivity index is 2.30. The van der Waals surface area contributed by atoms with Gasteiger partial charge in [0.1, 0.15) is 5.75 Å². The van der Waals surface area contributed by atoms with Crippen LogP contribution in [-0.4, -0.2) is 11.0 Å². The van der Waals surface area contributed by atoms with Crippen molar-refractivity contribution in [1.82, 2.24) is 0 Å². The van der Waals surface area contributed by atoms with Gasteiger partial charge in [0.05, 0.1) is 8.95 Å². The van der Waals surface area contributed by atoms with Crippen molar-refractivity contribution in [3.63, 3.8) is 0 Å². The Morgan fingerprint density at radius 1 is 1.10 bits per heavy atom. The van der Waals surface area contributed by atoms with Crippen molar-refractivity contribution in [2.24, 2.45) is 0 Å². The van der Waals surface area contributed by atoms with Gasteiger partial charge in [0.2, 0.25) is 0 Å². The van der Waals surface area contributed by atoms with E-state index in [-0.39, 0.29) is 11.7 Å². The lowest BCUT2D eigenvalue weighted by molar-refractivity contribution is 0.102.